The Labute approximate surface area is 139 Å². The quantitative estimate of drug-likeness (QED) is 0.870. The van der Waals surface area contributed by atoms with Crippen molar-refractivity contribution < 1.29 is 19.1 Å². The van der Waals surface area contributed by atoms with Crippen molar-refractivity contribution in [2.45, 2.75) is 26.5 Å². The van der Waals surface area contributed by atoms with Crippen molar-refractivity contribution in [1.29, 1.82) is 0 Å². The molecule has 0 atom stereocenters. The topological polar surface area (TPSA) is 84.5 Å². The predicted molar refractivity (Wildman–Crippen MR) is 85.3 cm³/mol. The minimum atomic E-state index is -0.477. The Morgan fingerprint density at radius 2 is 2.04 bits per heavy atom. The summed E-state index contributed by atoms with van der Waals surface area (Å²) < 4.78 is 10.3. The number of aromatic amines is 1. The highest BCUT2D eigenvalue weighted by Crippen LogP contribution is 2.21. The summed E-state index contributed by atoms with van der Waals surface area (Å²) in [4.78, 5) is 25.8. The largest absolute Gasteiger partial charge is 0.461 e. The zero-order valence-corrected chi connectivity index (χ0v) is 13.4. The molecule has 126 valence electrons. The lowest BCUT2D eigenvalue weighted by Gasteiger charge is -2.26. The fourth-order valence-electron chi connectivity index (χ4n) is 2.63. The van der Waals surface area contributed by atoms with E-state index in [4.69, 9.17) is 9.47 Å². The van der Waals surface area contributed by atoms with Gasteiger partial charge >= 0.3 is 12.1 Å². The number of nitrogens with one attached hydrogen (secondary N) is 1. The van der Waals surface area contributed by atoms with Gasteiger partial charge in [-0.05, 0) is 12.5 Å². The molecule has 0 fully saturated rings. The third kappa shape index (κ3) is 3.40. The molecule has 0 spiro atoms. The number of H-pyrrole nitrogens is 1. The van der Waals surface area contributed by atoms with Crippen molar-refractivity contribution in [2.24, 2.45) is 0 Å². The van der Waals surface area contributed by atoms with E-state index in [1.165, 1.54) is 0 Å². The first-order valence-corrected chi connectivity index (χ1v) is 7.88. The molecule has 0 radical (unpaired) electrons. The number of hydrogen-bond donors (Lipinski definition) is 1. The molecule has 3 rings (SSSR count). The molecule has 2 heterocycles. The highest BCUT2D eigenvalue weighted by Gasteiger charge is 2.29. The van der Waals surface area contributed by atoms with Gasteiger partial charge in [-0.25, -0.2) is 9.59 Å². The lowest BCUT2D eigenvalue weighted by molar-refractivity contribution is 0.0514. The number of aromatic nitrogens is 2. The Kier molecular flexibility index (Phi) is 4.79. The van der Waals surface area contributed by atoms with Crippen molar-refractivity contribution in [2.75, 3.05) is 13.2 Å². The van der Waals surface area contributed by atoms with Crippen LogP contribution in [0.5, 0.6) is 0 Å². The number of nitrogens with zero attached hydrogens (tertiary/aromatic N) is 2. The van der Waals surface area contributed by atoms with Gasteiger partial charge in [0.05, 0.1) is 13.2 Å². The second kappa shape index (κ2) is 7.16. The zero-order valence-electron chi connectivity index (χ0n) is 13.4. The number of ether oxygens (including phenoxy) is 2. The van der Waals surface area contributed by atoms with Crippen molar-refractivity contribution in [1.82, 2.24) is 15.1 Å². The summed E-state index contributed by atoms with van der Waals surface area (Å²) in [6.07, 6.45) is 0.197. The summed E-state index contributed by atoms with van der Waals surface area (Å²) >= 11 is 0. The normalized spacial score (nSPS) is 13.3. The van der Waals surface area contributed by atoms with Crippen LogP contribution in [0.2, 0.25) is 0 Å². The van der Waals surface area contributed by atoms with Gasteiger partial charge < -0.3 is 14.4 Å². The van der Waals surface area contributed by atoms with Crippen LogP contribution in [0.15, 0.2) is 30.3 Å². The molecule has 1 aromatic heterocycles. The van der Waals surface area contributed by atoms with Crippen LogP contribution in [0.25, 0.3) is 0 Å². The summed E-state index contributed by atoms with van der Waals surface area (Å²) in [5.74, 6) is -0.477. The second-order valence-electron chi connectivity index (χ2n) is 5.46. The van der Waals surface area contributed by atoms with Crippen LogP contribution in [0.1, 0.15) is 34.2 Å². The average Bonchev–Trinajstić information content (AvgIpc) is 3.04. The number of carbonyl (C=O) groups excluding carboxylic acids is 2. The van der Waals surface area contributed by atoms with E-state index in [1.54, 1.807) is 11.8 Å². The third-order valence-corrected chi connectivity index (χ3v) is 3.87. The van der Waals surface area contributed by atoms with Gasteiger partial charge in [0.1, 0.15) is 6.61 Å². The fourth-order valence-corrected chi connectivity index (χ4v) is 2.63. The number of esters is 1. The molecular weight excluding hydrogens is 310 g/mol. The molecule has 7 heteroatoms. The second-order valence-corrected chi connectivity index (χ2v) is 5.46. The van der Waals surface area contributed by atoms with E-state index in [0.717, 1.165) is 11.3 Å². The number of hydrogen-bond acceptors (Lipinski definition) is 5. The highest BCUT2D eigenvalue weighted by molar-refractivity contribution is 5.89. The number of benzene rings is 1. The van der Waals surface area contributed by atoms with Gasteiger partial charge in [0.2, 0.25) is 0 Å². The molecule has 1 amide bonds. The average molecular weight is 329 g/mol. The van der Waals surface area contributed by atoms with Crippen LogP contribution in [-0.4, -0.2) is 40.3 Å². The molecule has 0 saturated carbocycles. The molecule has 0 aliphatic carbocycles. The van der Waals surface area contributed by atoms with E-state index in [0.29, 0.717) is 18.5 Å². The van der Waals surface area contributed by atoms with E-state index < -0.39 is 12.1 Å². The lowest BCUT2D eigenvalue weighted by Crippen LogP contribution is -2.36. The first kappa shape index (κ1) is 16.0. The molecular formula is C17H19N3O4. The summed E-state index contributed by atoms with van der Waals surface area (Å²) in [5.41, 5.74) is 2.74. The lowest BCUT2D eigenvalue weighted by atomic mass is 10.1. The zero-order chi connectivity index (χ0) is 16.9. The molecule has 2 aromatic rings. The smallest absolute Gasteiger partial charge is 0.410 e. The van der Waals surface area contributed by atoms with E-state index in [2.05, 4.69) is 10.2 Å². The molecule has 0 unspecified atom stereocenters. The van der Waals surface area contributed by atoms with E-state index in [-0.39, 0.29) is 25.5 Å². The Balaban J connectivity index is 1.64. The summed E-state index contributed by atoms with van der Waals surface area (Å²) in [5, 5.41) is 6.88. The van der Waals surface area contributed by atoms with Gasteiger partial charge in [-0.2, -0.15) is 5.10 Å². The van der Waals surface area contributed by atoms with Gasteiger partial charge in [0.25, 0.3) is 0 Å². The molecule has 1 aliphatic rings. The summed E-state index contributed by atoms with van der Waals surface area (Å²) in [6.45, 7) is 3.05. The van der Waals surface area contributed by atoms with Crippen LogP contribution in [0, 0.1) is 0 Å². The molecule has 0 saturated heterocycles. The SMILES string of the molecule is CCOC(=O)c1n[nH]c2c1CN(C(=O)OCc1ccccc1)CC2. The van der Waals surface area contributed by atoms with Crippen molar-refractivity contribution >= 4 is 12.1 Å². The van der Waals surface area contributed by atoms with Crippen molar-refractivity contribution in [3.8, 4) is 0 Å². The maximum absolute atomic E-state index is 12.3. The van der Waals surface area contributed by atoms with E-state index in [9.17, 15) is 9.59 Å². The van der Waals surface area contributed by atoms with Crippen LogP contribution >= 0.6 is 0 Å². The van der Waals surface area contributed by atoms with Gasteiger partial charge in [-0.3, -0.25) is 5.10 Å². The highest BCUT2D eigenvalue weighted by atomic mass is 16.6. The van der Waals surface area contributed by atoms with Crippen LogP contribution in [0.3, 0.4) is 0 Å². The Morgan fingerprint density at radius 3 is 2.79 bits per heavy atom. The molecule has 1 aliphatic heterocycles. The summed E-state index contributed by atoms with van der Waals surface area (Å²) in [6, 6.07) is 9.50. The first-order chi connectivity index (χ1) is 11.7. The summed E-state index contributed by atoms with van der Waals surface area (Å²) in [7, 11) is 0. The molecule has 0 bridgehead atoms. The Hall–Kier alpha value is -2.83. The fraction of sp³-hybridized carbons (Fsp3) is 0.353. The number of rotatable bonds is 4. The van der Waals surface area contributed by atoms with Crippen LogP contribution < -0.4 is 0 Å². The van der Waals surface area contributed by atoms with Crippen molar-refractivity contribution in [3.63, 3.8) is 0 Å². The van der Waals surface area contributed by atoms with E-state index in [1.807, 2.05) is 30.3 Å². The molecule has 1 N–H and O–H groups in total. The monoisotopic (exact) mass is 329 g/mol. The van der Waals surface area contributed by atoms with Crippen molar-refractivity contribution in [3.05, 3.63) is 52.8 Å². The number of fused-ring (bicyclic) bond motifs is 1. The van der Waals surface area contributed by atoms with Crippen LogP contribution in [-0.2, 0) is 29.0 Å². The maximum Gasteiger partial charge on any atom is 0.410 e. The van der Waals surface area contributed by atoms with Gasteiger partial charge in [0.15, 0.2) is 5.69 Å². The Morgan fingerprint density at radius 1 is 1.25 bits per heavy atom. The maximum atomic E-state index is 12.3. The molecule has 1 aromatic carbocycles. The van der Waals surface area contributed by atoms with Gasteiger partial charge in [-0.1, -0.05) is 30.3 Å². The third-order valence-electron chi connectivity index (χ3n) is 3.87. The minimum absolute atomic E-state index is 0.221. The molecule has 7 nitrogen and oxygen atoms in total. The predicted octanol–water partition coefficient (Wildman–Crippen LogP) is 2.28. The minimum Gasteiger partial charge on any atom is -0.461 e. The number of carbonyl (C=O) groups is 2. The molecule has 24 heavy (non-hydrogen) atoms. The Bertz CT molecular complexity index is 727. The first-order valence-electron chi connectivity index (χ1n) is 7.88. The van der Waals surface area contributed by atoms with Gasteiger partial charge in [0, 0.05) is 24.2 Å². The number of amides is 1. The standard InChI is InChI=1S/C17H19N3O4/c1-2-23-16(21)15-13-10-20(9-8-14(13)18-19-15)17(22)24-11-12-6-4-3-5-7-12/h3-7H,2,8-11H2,1H3,(H,18,19). The van der Waals surface area contributed by atoms with E-state index >= 15 is 0 Å². The van der Waals surface area contributed by atoms with Gasteiger partial charge in [-0.15, -0.1) is 0 Å². The van der Waals surface area contributed by atoms with Crippen LogP contribution in [0.4, 0.5) is 4.79 Å².